The quantitative estimate of drug-likeness (QED) is 0.235. The van der Waals surface area contributed by atoms with Crippen LogP contribution in [0, 0.1) is 0 Å². The number of aryl methyl sites for hydroxylation is 2. The summed E-state index contributed by atoms with van der Waals surface area (Å²) in [6, 6.07) is 39.3. The first-order valence-corrected chi connectivity index (χ1v) is 15.1. The Hall–Kier alpha value is -5.28. The highest BCUT2D eigenvalue weighted by Gasteiger charge is 2.17. The van der Waals surface area contributed by atoms with Gasteiger partial charge in [-0.1, -0.05) is 98.8 Å². The van der Waals surface area contributed by atoms with Gasteiger partial charge < -0.3 is 13.8 Å². The Balaban J connectivity index is 1.24. The number of aromatic nitrogens is 1. The van der Waals surface area contributed by atoms with Crippen LogP contribution in [0.15, 0.2) is 118 Å². The topological polar surface area (TPSA) is 42.1 Å². The zero-order chi connectivity index (χ0) is 28.7. The van der Waals surface area contributed by atoms with E-state index in [1.165, 1.54) is 32.7 Å². The summed E-state index contributed by atoms with van der Waals surface area (Å²) >= 11 is 0. The third-order valence-corrected chi connectivity index (χ3v) is 9.19. The van der Waals surface area contributed by atoms with Crippen LogP contribution in [0.2, 0.25) is 0 Å². The lowest BCUT2D eigenvalue weighted by atomic mass is 9.98. The van der Waals surface area contributed by atoms with Gasteiger partial charge in [0, 0.05) is 54.5 Å². The van der Waals surface area contributed by atoms with E-state index >= 15 is 0 Å². The average Bonchev–Trinajstić information content (AvgIpc) is 3.75. The highest BCUT2D eigenvalue weighted by Crippen LogP contribution is 2.41. The average molecular weight is 556 g/mol. The summed E-state index contributed by atoms with van der Waals surface area (Å²) in [6.07, 6.45) is 1.88. The molecule has 3 nitrogen and oxygen atoms in total. The van der Waals surface area contributed by atoms with Crippen molar-refractivity contribution in [3.63, 3.8) is 0 Å². The van der Waals surface area contributed by atoms with E-state index < -0.39 is 0 Å². The minimum absolute atomic E-state index is 0.942. The fourth-order valence-corrected chi connectivity index (χ4v) is 7.00. The molecule has 3 heteroatoms. The fraction of sp³-hybridized carbons (Fsp3) is 0.100. The standard InChI is InChI=1S/C40H29NO2/c1-3-23-9-5-13-29-31-15-7-11-27(39(31)42-37(23)29)25-17-19-35-33(21-25)34-22-26(18-20-36(34)41-35)28-12-8-16-32-30-14-6-10-24(4-2)38(30)43-40(28)32/h5-22,41H,3-4H2,1-2H3. The molecule has 0 bridgehead atoms. The lowest BCUT2D eigenvalue weighted by molar-refractivity contribution is 0.664. The van der Waals surface area contributed by atoms with Gasteiger partial charge in [0.15, 0.2) is 0 Å². The maximum absolute atomic E-state index is 6.58. The number of nitrogens with one attached hydrogen (secondary N) is 1. The van der Waals surface area contributed by atoms with Crippen molar-refractivity contribution < 1.29 is 8.83 Å². The molecule has 0 saturated heterocycles. The summed E-state index contributed by atoms with van der Waals surface area (Å²) in [7, 11) is 0. The van der Waals surface area contributed by atoms with Crippen LogP contribution in [-0.2, 0) is 12.8 Å². The molecule has 206 valence electrons. The number of H-pyrrole nitrogens is 1. The van der Waals surface area contributed by atoms with Gasteiger partial charge in [-0.3, -0.25) is 0 Å². The van der Waals surface area contributed by atoms with Crippen LogP contribution >= 0.6 is 0 Å². The molecular formula is C40H29NO2. The number of hydrogen-bond donors (Lipinski definition) is 1. The Morgan fingerprint density at radius 1 is 0.442 bits per heavy atom. The van der Waals surface area contributed by atoms with E-state index in [4.69, 9.17) is 8.83 Å². The predicted molar refractivity (Wildman–Crippen MR) is 180 cm³/mol. The normalized spacial score (nSPS) is 12.1. The predicted octanol–water partition coefficient (Wildman–Crippen LogP) is 11.6. The summed E-state index contributed by atoms with van der Waals surface area (Å²) in [4.78, 5) is 3.64. The Bertz CT molecular complexity index is 2360. The number of aromatic amines is 1. The molecule has 3 heterocycles. The molecule has 0 aliphatic rings. The van der Waals surface area contributed by atoms with Crippen molar-refractivity contribution in [3.05, 3.63) is 120 Å². The molecule has 0 amide bonds. The molecule has 0 atom stereocenters. The van der Waals surface area contributed by atoms with Gasteiger partial charge in [-0.05, 0) is 59.4 Å². The van der Waals surface area contributed by atoms with E-state index in [1.54, 1.807) is 0 Å². The molecule has 0 radical (unpaired) electrons. The summed E-state index contributed by atoms with van der Waals surface area (Å²) in [6.45, 7) is 4.36. The van der Waals surface area contributed by atoms with E-state index in [2.05, 4.69) is 128 Å². The highest BCUT2D eigenvalue weighted by molar-refractivity contribution is 6.14. The molecule has 0 fully saturated rings. The van der Waals surface area contributed by atoms with E-state index in [1.807, 2.05) is 0 Å². The number of rotatable bonds is 4. The zero-order valence-corrected chi connectivity index (χ0v) is 24.1. The molecule has 0 unspecified atom stereocenters. The molecule has 0 saturated carbocycles. The minimum atomic E-state index is 0.942. The molecule has 0 aliphatic heterocycles. The van der Waals surface area contributed by atoms with Crippen LogP contribution in [0.3, 0.4) is 0 Å². The van der Waals surface area contributed by atoms with Gasteiger partial charge in [0.25, 0.3) is 0 Å². The van der Waals surface area contributed by atoms with Gasteiger partial charge in [0.2, 0.25) is 0 Å². The molecule has 3 aromatic heterocycles. The number of furan rings is 2. The van der Waals surface area contributed by atoms with Crippen LogP contribution in [0.5, 0.6) is 0 Å². The SMILES string of the molecule is CCc1cccc2c1oc1c(-c3ccc4[nH]c5ccc(-c6cccc7c6oc6c(CC)cccc67)cc5c4c3)cccc12. The lowest BCUT2D eigenvalue weighted by Crippen LogP contribution is -1.80. The Morgan fingerprint density at radius 2 is 0.860 bits per heavy atom. The monoisotopic (exact) mass is 555 g/mol. The highest BCUT2D eigenvalue weighted by atomic mass is 16.3. The smallest absolute Gasteiger partial charge is 0.143 e. The van der Waals surface area contributed by atoms with Gasteiger partial charge in [0.05, 0.1) is 0 Å². The first-order chi connectivity index (χ1) is 21.2. The van der Waals surface area contributed by atoms with Crippen LogP contribution in [0.25, 0.3) is 87.9 Å². The first kappa shape index (κ1) is 24.3. The molecule has 0 aliphatic carbocycles. The van der Waals surface area contributed by atoms with Crippen molar-refractivity contribution in [2.75, 3.05) is 0 Å². The number of para-hydroxylation sites is 4. The van der Waals surface area contributed by atoms with Crippen molar-refractivity contribution in [1.29, 1.82) is 0 Å². The second-order valence-corrected chi connectivity index (χ2v) is 11.5. The van der Waals surface area contributed by atoms with Crippen LogP contribution in [-0.4, -0.2) is 4.98 Å². The maximum atomic E-state index is 6.58. The van der Waals surface area contributed by atoms with Gasteiger partial charge in [-0.2, -0.15) is 0 Å². The molecule has 43 heavy (non-hydrogen) atoms. The molecule has 1 N–H and O–H groups in total. The van der Waals surface area contributed by atoms with Crippen molar-refractivity contribution in [2.45, 2.75) is 26.7 Å². The number of hydrogen-bond acceptors (Lipinski definition) is 2. The van der Waals surface area contributed by atoms with Crippen LogP contribution in [0.4, 0.5) is 0 Å². The molecule has 0 spiro atoms. The molecule has 9 aromatic rings. The third-order valence-electron chi connectivity index (χ3n) is 9.19. The minimum Gasteiger partial charge on any atom is -0.455 e. The Kier molecular flexibility index (Phi) is 5.15. The Morgan fingerprint density at radius 3 is 1.30 bits per heavy atom. The van der Waals surface area contributed by atoms with E-state index in [9.17, 15) is 0 Å². The molecular weight excluding hydrogens is 526 g/mol. The van der Waals surface area contributed by atoms with Crippen LogP contribution < -0.4 is 0 Å². The van der Waals surface area contributed by atoms with Crippen molar-refractivity contribution in [3.8, 4) is 22.3 Å². The van der Waals surface area contributed by atoms with E-state index in [0.29, 0.717) is 0 Å². The van der Waals surface area contributed by atoms with E-state index in [0.717, 1.165) is 79.2 Å². The van der Waals surface area contributed by atoms with Gasteiger partial charge >= 0.3 is 0 Å². The summed E-state index contributed by atoms with van der Waals surface area (Å²) in [5, 5.41) is 7.08. The largest absolute Gasteiger partial charge is 0.455 e. The summed E-state index contributed by atoms with van der Waals surface area (Å²) < 4.78 is 13.2. The molecule has 6 aromatic carbocycles. The van der Waals surface area contributed by atoms with Crippen molar-refractivity contribution >= 4 is 65.7 Å². The van der Waals surface area contributed by atoms with E-state index in [-0.39, 0.29) is 0 Å². The van der Waals surface area contributed by atoms with Crippen LogP contribution in [0.1, 0.15) is 25.0 Å². The Labute approximate surface area is 248 Å². The number of fused-ring (bicyclic) bond motifs is 9. The van der Waals surface area contributed by atoms with Gasteiger partial charge in [-0.25, -0.2) is 0 Å². The molecule has 9 rings (SSSR count). The maximum Gasteiger partial charge on any atom is 0.143 e. The van der Waals surface area contributed by atoms with Gasteiger partial charge in [0.1, 0.15) is 22.3 Å². The summed E-state index contributed by atoms with van der Waals surface area (Å²) in [5.41, 5.74) is 13.1. The van der Waals surface area contributed by atoms with Crippen molar-refractivity contribution in [2.24, 2.45) is 0 Å². The fourth-order valence-electron chi connectivity index (χ4n) is 7.00. The zero-order valence-electron chi connectivity index (χ0n) is 24.1. The van der Waals surface area contributed by atoms with Gasteiger partial charge in [-0.15, -0.1) is 0 Å². The number of benzene rings is 6. The lowest BCUT2D eigenvalue weighted by Gasteiger charge is -2.05. The second kappa shape index (κ2) is 9.11. The first-order valence-electron chi connectivity index (χ1n) is 15.1. The van der Waals surface area contributed by atoms with Crippen molar-refractivity contribution in [1.82, 2.24) is 4.98 Å². The third kappa shape index (κ3) is 3.48. The summed E-state index contributed by atoms with van der Waals surface area (Å²) in [5.74, 6) is 0. The second-order valence-electron chi connectivity index (χ2n) is 11.5.